The fraction of sp³-hybridized carbons (Fsp3) is 0.654. The molecule has 2 heterocycles. The maximum Gasteiger partial charge on any atom is 0.226 e. The van der Waals surface area contributed by atoms with Crippen molar-refractivity contribution < 1.29 is 9.59 Å². The highest BCUT2D eigenvalue weighted by Crippen LogP contribution is 2.67. The van der Waals surface area contributed by atoms with Crippen LogP contribution in [0.5, 0.6) is 0 Å². The third-order valence-corrected chi connectivity index (χ3v) is 9.94. The number of allylic oxidation sites excluding steroid dienone is 2. The van der Waals surface area contributed by atoms with E-state index in [9.17, 15) is 9.59 Å². The maximum absolute atomic E-state index is 12.8. The molecule has 5 nitrogen and oxygen atoms in total. The molecule has 6 atom stereocenters. The number of nitrogens with one attached hydrogen (secondary N) is 1. The van der Waals surface area contributed by atoms with E-state index in [4.69, 9.17) is 11.6 Å². The summed E-state index contributed by atoms with van der Waals surface area (Å²) in [4.78, 5) is 31.2. The Balaban J connectivity index is 1.36. The molecule has 0 aromatic carbocycles. The highest BCUT2D eigenvalue weighted by Gasteiger charge is 2.60. The van der Waals surface area contributed by atoms with E-state index in [-0.39, 0.29) is 22.6 Å². The van der Waals surface area contributed by atoms with Crippen molar-refractivity contribution in [2.24, 2.45) is 34.5 Å². The van der Waals surface area contributed by atoms with Crippen molar-refractivity contribution in [3.05, 3.63) is 35.3 Å². The van der Waals surface area contributed by atoms with E-state index in [0.29, 0.717) is 36.5 Å². The number of halogens is 1. The molecule has 0 bridgehead atoms. The topological polar surface area (TPSA) is 62.3 Å². The number of piperidine rings is 1. The van der Waals surface area contributed by atoms with Gasteiger partial charge in [-0.25, -0.2) is 0 Å². The van der Waals surface area contributed by atoms with Crippen LogP contribution in [0.1, 0.15) is 65.2 Å². The summed E-state index contributed by atoms with van der Waals surface area (Å²) in [5, 5.41) is 3.92. The van der Waals surface area contributed by atoms with Crippen LogP contribution in [0.4, 0.5) is 5.69 Å². The molecule has 1 aromatic heterocycles. The molecule has 172 valence electrons. The minimum absolute atomic E-state index is 0.0141. The van der Waals surface area contributed by atoms with Crippen molar-refractivity contribution in [1.29, 1.82) is 0 Å². The van der Waals surface area contributed by atoms with Crippen LogP contribution in [-0.4, -0.2) is 28.7 Å². The van der Waals surface area contributed by atoms with Crippen molar-refractivity contribution in [3.63, 3.8) is 0 Å². The molecule has 1 aromatic rings. The lowest BCUT2D eigenvalue weighted by atomic mass is 9.49. The Kier molecular flexibility index (Phi) is 5.39. The van der Waals surface area contributed by atoms with Gasteiger partial charge in [-0.3, -0.25) is 14.6 Å². The lowest BCUT2D eigenvalue weighted by molar-refractivity contribution is -0.136. The quantitative estimate of drug-likeness (QED) is 0.646. The Morgan fingerprint density at radius 1 is 1.25 bits per heavy atom. The summed E-state index contributed by atoms with van der Waals surface area (Å²) in [6.07, 6.45) is 11.0. The van der Waals surface area contributed by atoms with Crippen LogP contribution < -0.4 is 5.32 Å². The molecule has 5 rings (SSSR count). The van der Waals surface area contributed by atoms with Crippen molar-refractivity contribution >= 4 is 29.1 Å². The molecule has 0 spiro atoms. The number of fused-ring (bicyclic) bond motifs is 5. The minimum atomic E-state index is -0.0141. The molecule has 1 N–H and O–H groups in total. The van der Waals surface area contributed by atoms with E-state index >= 15 is 0 Å². The van der Waals surface area contributed by atoms with E-state index < -0.39 is 0 Å². The van der Waals surface area contributed by atoms with Crippen LogP contribution in [0.3, 0.4) is 0 Å². The molecule has 1 aliphatic heterocycles. The first kappa shape index (κ1) is 21.9. The third kappa shape index (κ3) is 3.30. The number of carbonyl (C=O) groups is 2. The summed E-state index contributed by atoms with van der Waals surface area (Å²) >= 11 is 6.92. The average Bonchev–Trinajstić information content (AvgIpc) is 3.08. The first-order chi connectivity index (χ1) is 15.2. The van der Waals surface area contributed by atoms with Crippen molar-refractivity contribution in [1.82, 2.24) is 9.88 Å². The van der Waals surface area contributed by atoms with Crippen LogP contribution in [0.25, 0.3) is 0 Å². The summed E-state index contributed by atoms with van der Waals surface area (Å²) in [6, 6.07) is 3.73. The molecule has 3 fully saturated rings. The Labute approximate surface area is 196 Å². The number of pyridine rings is 1. The van der Waals surface area contributed by atoms with Gasteiger partial charge in [0.2, 0.25) is 11.8 Å². The number of hydrogen-bond acceptors (Lipinski definition) is 3. The summed E-state index contributed by atoms with van der Waals surface area (Å²) < 4.78 is 0. The van der Waals surface area contributed by atoms with Crippen LogP contribution >= 0.6 is 11.6 Å². The SMILES string of the molecule is CN1C(=O)CC[C@@]2(C)C1=C(Cl)CC1C2CC[C@]2(C)[C@@H](CC(=O)Nc3cccnc3)CC[C@@H]12. The van der Waals surface area contributed by atoms with E-state index in [1.807, 2.05) is 24.1 Å². The largest absolute Gasteiger partial charge is 0.325 e. The molecular formula is C26H34ClN3O2. The second-order valence-electron chi connectivity index (χ2n) is 11.0. The van der Waals surface area contributed by atoms with Gasteiger partial charge in [-0.05, 0) is 79.7 Å². The molecule has 2 unspecified atom stereocenters. The zero-order valence-corrected chi connectivity index (χ0v) is 20.1. The van der Waals surface area contributed by atoms with Gasteiger partial charge < -0.3 is 10.2 Å². The predicted molar refractivity (Wildman–Crippen MR) is 126 cm³/mol. The van der Waals surface area contributed by atoms with Gasteiger partial charge in [-0.1, -0.05) is 25.4 Å². The second-order valence-corrected chi connectivity index (χ2v) is 11.5. The third-order valence-electron chi connectivity index (χ3n) is 9.61. The number of carbonyl (C=O) groups excluding carboxylic acids is 2. The van der Waals surface area contributed by atoms with Gasteiger partial charge in [0.05, 0.1) is 11.9 Å². The van der Waals surface area contributed by atoms with Gasteiger partial charge in [0, 0.05) is 42.2 Å². The molecule has 2 saturated carbocycles. The van der Waals surface area contributed by atoms with Crippen LogP contribution in [0.15, 0.2) is 35.3 Å². The van der Waals surface area contributed by atoms with Crippen molar-refractivity contribution in [3.8, 4) is 0 Å². The van der Waals surface area contributed by atoms with Gasteiger partial charge in [-0.15, -0.1) is 0 Å². The Morgan fingerprint density at radius 3 is 2.81 bits per heavy atom. The van der Waals surface area contributed by atoms with E-state index in [2.05, 4.69) is 24.1 Å². The zero-order chi connectivity index (χ0) is 22.7. The summed E-state index contributed by atoms with van der Waals surface area (Å²) in [6.45, 7) is 4.77. The Hall–Kier alpha value is -1.88. The Morgan fingerprint density at radius 2 is 2.06 bits per heavy atom. The molecule has 1 saturated heterocycles. The molecule has 32 heavy (non-hydrogen) atoms. The number of nitrogens with zero attached hydrogens (tertiary/aromatic N) is 2. The standard InChI is InChI=1S/C26H34ClN3O2/c1-25-10-8-20-18(14-21(27)24-26(20,2)11-9-23(32)30(24)3)19(25)7-6-16(25)13-22(31)29-17-5-4-12-28-15-17/h4-5,12,15-16,18-20H,6-11,13-14H2,1-3H3,(H,29,31)/t16-,18?,19+,20?,25-,26-/m1/s1. The molecule has 0 radical (unpaired) electrons. The van der Waals surface area contributed by atoms with Gasteiger partial charge in [0.15, 0.2) is 0 Å². The number of aromatic nitrogens is 1. The molecule has 6 heteroatoms. The molecule has 3 aliphatic carbocycles. The number of hydrogen-bond donors (Lipinski definition) is 1. The van der Waals surface area contributed by atoms with Gasteiger partial charge in [0.1, 0.15) is 0 Å². The number of amides is 2. The number of likely N-dealkylation sites (tertiary alicyclic amines) is 1. The minimum Gasteiger partial charge on any atom is -0.325 e. The summed E-state index contributed by atoms with van der Waals surface area (Å²) in [7, 11) is 1.90. The van der Waals surface area contributed by atoms with Crippen molar-refractivity contribution in [2.45, 2.75) is 65.2 Å². The summed E-state index contributed by atoms with van der Waals surface area (Å²) in [5.41, 5.74) is 2.02. The van der Waals surface area contributed by atoms with E-state index in [0.717, 1.165) is 48.5 Å². The lowest BCUT2D eigenvalue weighted by Gasteiger charge is -2.59. The van der Waals surface area contributed by atoms with Crippen LogP contribution in [0.2, 0.25) is 0 Å². The van der Waals surface area contributed by atoms with Crippen LogP contribution in [-0.2, 0) is 9.59 Å². The average molecular weight is 456 g/mol. The van der Waals surface area contributed by atoms with E-state index in [1.54, 1.807) is 12.4 Å². The smallest absolute Gasteiger partial charge is 0.226 e. The molecule has 2 amide bonds. The van der Waals surface area contributed by atoms with Crippen molar-refractivity contribution in [2.75, 3.05) is 12.4 Å². The molecule has 4 aliphatic rings. The summed E-state index contributed by atoms with van der Waals surface area (Å²) in [5.74, 6) is 2.38. The van der Waals surface area contributed by atoms with Gasteiger partial charge in [0.25, 0.3) is 0 Å². The lowest BCUT2D eigenvalue weighted by Crippen LogP contribution is -2.54. The number of rotatable bonds is 3. The zero-order valence-electron chi connectivity index (χ0n) is 19.4. The molecular weight excluding hydrogens is 422 g/mol. The fourth-order valence-electron chi connectivity index (χ4n) is 8.00. The van der Waals surface area contributed by atoms with Gasteiger partial charge in [-0.2, -0.15) is 0 Å². The number of anilines is 1. The predicted octanol–water partition coefficient (Wildman–Crippen LogP) is 5.58. The first-order valence-corrected chi connectivity index (χ1v) is 12.5. The second kappa shape index (κ2) is 7.86. The monoisotopic (exact) mass is 455 g/mol. The Bertz CT molecular complexity index is 963. The maximum atomic E-state index is 12.8. The highest BCUT2D eigenvalue weighted by atomic mass is 35.5. The highest BCUT2D eigenvalue weighted by molar-refractivity contribution is 6.30. The van der Waals surface area contributed by atoms with E-state index in [1.165, 1.54) is 6.42 Å². The fourth-order valence-corrected chi connectivity index (χ4v) is 8.52. The first-order valence-electron chi connectivity index (χ1n) is 12.1. The van der Waals surface area contributed by atoms with Gasteiger partial charge >= 0.3 is 0 Å². The van der Waals surface area contributed by atoms with Crippen LogP contribution in [0, 0.1) is 34.5 Å². The normalized spacial score (nSPS) is 38.8.